The van der Waals surface area contributed by atoms with E-state index in [1.54, 1.807) is 17.5 Å². The standard InChI is InChI=1S/C31H32Cl2N8S/c1-3-40-10-8-23(9-11-40)41-18-27(38-39-41)31(28-5-4-12-42-28)37-22-13-24-29(36-21-7-6-19(2)25(32)14-21)20(16-34)17-35-30(24)26(33)15-22/h4-7,12-15,17-18,23,31,37-39H,3,8-11H2,1-2H3,(H,35,36)/t31-/m1/s1. The summed E-state index contributed by atoms with van der Waals surface area (Å²) in [5, 5.41) is 23.2. The van der Waals surface area contributed by atoms with E-state index in [0.29, 0.717) is 32.9 Å². The second-order valence-electron chi connectivity index (χ2n) is 10.6. The molecule has 0 amide bonds. The van der Waals surface area contributed by atoms with Gasteiger partial charge in [-0.1, -0.05) is 42.3 Å². The Morgan fingerprint density at radius 3 is 2.67 bits per heavy atom. The molecule has 2 aromatic heterocycles. The van der Waals surface area contributed by atoms with Gasteiger partial charge in [-0.2, -0.15) is 5.26 Å². The van der Waals surface area contributed by atoms with Gasteiger partial charge in [-0.05, 0) is 67.6 Å². The topological polar surface area (TPSA) is 91.3 Å². The predicted molar refractivity (Wildman–Crippen MR) is 173 cm³/mol. The fourth-order valence-electron chi connectivity index (χ4n) is 5.50. The monoisotopic (exact) mass is 618 g/mol. The van der Waals surface area contributed by atoms with Crippen LogP contribution >= 0.6 is 34.5 Å². The summed E-state index contributed by atoms with van der Waals surface area (Å²) in [4.78, 5) is 8.17. The first-order valence-corrected chi connectivity index (χ1v) is 15.7. The number of hydrogen-bond donors (Lipinski definition) is 4. The van der Waals surface area contributed by atoms with E-state index in [2.05, 4.69) is 73.2 Å². The number of halogens is 2. The van der Waals surface area contributed by atoms with E-state index in [9.17, 15) is 5.26 Å². The van der Waals surface area contributed by atoms with Gasteiger partial charge in [0.2, 0.25) is 0 Å². The van der Waals surface area contributed by atoms with Crippen LogP contribution in [0.3, 0.4) is 0 Å². The molecular formula is C31H32Cl2N8S. The van der Waals surface area contributed by atoms with Gasteiger partial charge in [0.15, 0.2) is 0 Å². The number of aromatic nitrogens is 1. The third kappa shape index (κ3) is 5.87. The van der Waals surface area contributed by atoms with Crippen molar-refractivity contribution in [2.45, 2.75) is 38.8 Å². The number of likely N-dealkylation sites (tertiary alicyclic amines) is 1. The first kappa shape index (κ1) is 28.6. The molecule has 216 valence electrons. The molecule has 0 unspecified atom stereocenters. The number of hydrazine groups is 2. The summed E-state index contributed by atoms with van der Waals surface area (Å²) in [6.07, 6.45) is 5.95. The summed E-state index contributed by atoms with van der Waals surface area (Å²) in [5.74, 6) is 0. The average Bonchev–Trinajstić information content (AvgIpc) is 3.72. The van der Waals surface area contributed by atoms with Gasteiger partial charge in [-0.15, -0.1) is 16.9 Å². The first-order chi connectivity index (χ1) is 20.4. The van der Waals surface area contributed by atoms with Gasteiger partial charge in [0.05, 0.1) is 27.5 Å². The Morgan fingerprint density at radius 1 is 1.14 bits per heavy atom. The molecule has 0 bridgehead atoms. The minimum atomic E-state index is -0.147. The van der Waals surface area contributed by atoms with Gasteiger partial charge >= 0.3 is 0 Å². The number of fused-ring (bicyclic) bond motifs is 1. The van der Waals surface area contributed by atoms with Crippen molar-refractivity contribution in [2.75, 3.05) is 30.3 Å². The van der Waals surface area contributed by atoms with E-state index in [0.717, 1.165) is 65.4 Å². The molecule has 4 aromatic rings. The summed E-state index contributed by atoms with van der Waals surface area (Å²) in [7, 11) is 0. The van der Waals surface area contributed by atoms with E-state index >= 15 is 0 Å². The van der Waals surface area contributed by atoms with Crippen molar-refractivity contribution < 1.29 is 0 Å². The number of thiophene rings is 1. The largest absolute Gasteiger partial charge is 0.372 e. The summed E-state index contributed by atoms with van der Waals surface area (Å²) >= 11 is 14.9. The Morgan fingerprint density at radius 2 is 1.95 bits per heavy atom. The normalized spacial score (nSPS) is 16.6. The Kier molecular flexibility index (Phi) is 8.43. The lowest BCUT2D eigenvalue weighted by Gasteiger charge is -2.35. The minimum Gasteiger partial charge on any atom is -0.372 e. The number of piperidine rings is 1. The molecule has 2 aliphatic heterocycles. The molecule has 1 saturated heterocycles. The maximum Gasteiger partial charge on any atom is 0.104 e. The highest BCUT2D eigenvalue weighted by molar-refractivity contribution is 7.10. The summed E-state index contributed by atoms with van der Waals surface area (Å²) < 4.78 is 0. The molecule has 42 heavy (non-hydrogen) atoms. The molecule has 2 aromatic carbocycles. The van der Waals surface area contributed by atoms with Crippen LogP contribution < -0.4 is 21.6 Å². The molecule has 4 N–H and O–H groups in total. The highest BCUT2D eigenvalue weighted by Gasteiger charge is 2.29. The number of pyridine rings is 1. The van der Waals surface area contributed by atoms with Gasteiger partial charge in [0.25, 0.3) is 0 Å². The fourth-order valence-corrected chi connectivity index (χ4v) is 6.74. The van der Waals surface area contributed by atoms with Crippen LogP contribution in [0.5, 0.6) is 0 Å². The molecule has 11 heteroatoms. The quantitative estimate of drug-likeness (QED) is 0.163. The predicted octanol–water partition coefficient (Wildman–Crippen LogP) is 7.33. The van der Waals surface area contributed by atoms with Crippen LogP contribution in [0.25, 0.3) is 10.9 Å². The van der Waals surface area contributed by atoms with Gasteiger partial charge in [-0.25, -0.2) is 0 Å². The Labute approximate surface area is 259 Å². The van der Waals surface area contributed by atoms with E-state index in [-0.39, 0.29) is 6.04 Å². The molecule has 6 rings (SSSR count). The minimum absolute atomic E-state index is 0.147. The zero-order valence-electron chi connectivity index (χ0n) is 23.4. The van der Waals surface area contributed by atoms with Gasteiger partial charge < -0.3 is 21.0 Å². The number of nitrogens with one attached hydrogen (secondary N) is 4. The molecule has 1 fully saturated rings. The van der Waals surface area contributed by atoms with Crippen LogP contribution in [0.2, 0.25) is 10.0 Å². The third-order valence-electron chi connectivity index (χ3n) is 7.94. The molecule has 0 aliphatic carbocycles. The van der Waals surface area contributed by atoms with E-state index in [1.165, 1.54) is 0 Å². The number of benzene rings is 2. The Balaban J connectivity index is 1.34. The van der Waals surface area contributed by atoms with Crippen LogP contribution in [-0.2, 0) is 0 Å². The number of anilines is 3. The molecule has 0 saturated carbocycles. The molecule has 8 nitrogen and oxygen atoms in total. The van der Waals surface area contributed by atoms with Crippen LogP contribution in [-0.4, -0.2) is 40.6 Å². The van der Waals surface area contributed by atoms with Crippen molar-refractivity contribution >= 4 is 62.5 Å². The number of nitriles is 1. The smallest absolute Gasteiger partial charge is 0.104 e. The van der Waals surface area contributed by atoms with Crippen LogP contribution in [0.15, 0.2) is 65.9 Å². The number of nitrogens with zero attached hydrogens (tertiary/aromatic N) is 4. The zero-order valence-corrected chi connectivity index (χ0v) is 25.7. The lowest BCUT2D eigenvalue weighted by molar-refractivity contribution is 0.112. The number of aryl methyl sites for hydroxylation is 1. The molecule has 0 radical (unpaired) electrons. The van der Waals surface area contributed by atoms with Crippen molar-refractivity contribution in [3.05, 3.63) is 92.0 Å². The third-order valence-corrected chi connectivity index (χ3v) is 9.57. The van der Waals surface area contributed by atoms with E-state index in [4.69, 9.17) is 23.2 Å². The zero-order chi connectivity index (χ0) is 29.2. The second-order valence-corrected chi connectivity index (χ2v) is 12.4. The van der Waals surface area contributed by atoms with Crippen molar-refractivity contribution in [3.8, 4) is 6.07 Å². The van der Waals surface area contributed by atoms with Crippen LogP contribution in [0.1, 0.15) is 41.8 Å². The lowest BCUT2D eigenvalue weighted by atomic mass is 10.0. The molecule has 4 heterocycles. The SMILES string of the molecule is CCN1CCC(N2C=C([C@@H](Nc3cc(Cl)c4ncc(C#N)c(Nc5ccc(C)c(Cl)c5)c4c3)c3cccs3)NN2)CC1. The summed E-state index contributed by atoms with van der Waals surface area (Å²) in [6.45, 7) is 7.48. The van der Waals surface area contributed by atoms with Crippen molar-refractivity contribution in [1.82, 2.24) is 25.9 Å². The van der Waals surface area contributed by atoms with Crippen LogP contribution in [0.4, 0.5) is 17.1 Å². The maximum absolute atomic E-state index is 9.93. The molecular weight excluding hydrogens is 587 g/mol. The second kappa shape index (κ2) is 12.4. The van der Waals surface area contributed by atoms with Crippen molar-refractivity contribution in [1.29, 1.82) is 5.26 Å². The van der Waals surface area contributed by atoms with Gasteiger partial charge in [-0.3, -0.25) is 9.99 Å². The van der Waals surface area contributed by atoms with E-state index < -0.39 is 0 Å². The summed E-state index contributed by atoms with van der Waals surface area (Å²) in [6, 6.07) is 16.3. The van der Waals surface area contributed by atoms with Gasteiger partial charge in [0, 0.05) is 58.2 Å². The average molecular weight is 620 g/mol. The van der Waals surface area contributed by atoms with Crippen molar-refractivity contribution in [3.63, 3.8) is 0 Å². The number of rotatable bonds is 8. The molecule has 1 atom stereocenters. The molecule has 2 aliphatic rings. The summed E-state index contributed by atoms with van der Waals surface area (Å²) in [5.41, 5.74) is 12.0. The number of hydrogen-bond acceptors (Lipinski definition) is 9. The highest BCUT2D eigenvalue weighted by atomic mass is 35.5. The van der Waals surface area contributed by atoms with Gasteiger partial charge in [0.1, 0.15) is 12.1 Å². The maximum atomic E-state index is 9.93. The van der Waals surface area contributed by atoms with Crippen molar-refractivity contribution in [2.24, 2.45) is 0 Å². The highest BCUT2D eigenvalue weighted by Crippen LogP contribution is 2.38. The molecule has 0 spiro atoms. The Bertz CT molecular complexity index is 1660. The van der Waals surface area contributed by atoms with E-state index in [1.807, 2.05) is 37.3 Å². The lowest BCUT2D eigenvalue weighted by Crippen LogP contribution is -2.48. The first-order valence-electron chi connectivity index (χ1n) is 14.0. The van der Waals surface area contributed by atoms with Crippen LogP contribution in [0, 0.1) is 18.3 Å². The fraction of sp³-hybridized carbons (Fsp3) is 0.290. The Hall–Kier alpha value is -3.52.